The Morgan fingerprint density at radius 3 is 1.98 bits per heavy atom. The van der Waals surface area contributed by atoms with E-state index in [-0.39, 0.29) is 12.1 Å². The minimum absolute atomic E-state index is 0.0351. The van der Waals surface area contributed by atoms with Gasteiger partial charge >= 0.3 is 6.09 Å². The van der Waals surface area contributed by atoms with E-state index in [0.717, 1.165) is 21.6 Å². The second-order valence-corrected chi connectivity index (χ2v) is 11.3. The van der Waals surface area contributed by atoms with Crippen molar-refractivity contribution in [3.63, 3.8) is 0 Å². The van der Waals surface area contributed by atoms with Crippen LogP contribution in [-0.4, -0.2) is 40.6 Å². The fraction of sp³-hybridized carbons (Fsp3) is 0.257. The summed E-state index contributed by atoms with van der Waals surface area (Å²) in [4.78, 5) is 18.0. The van der Waals surface area contributed by atoms with E-state index < -0.39 is 24.2 Å². The number of halogens is 2. The van der Waals surface area contributed by atoms with E-state index in [2.05, 4.69) is 4.98 Å². The Bertz CT molecular complexity index is 1570. The number of rotatable bonds is 8. The van der Waals surface area contributed by atoms with Crippen LogP contribution in [0.1, 0.15) is 37.5 Å². The number of alkyl halides is 2. The average Bonchev–Trinajstić information content (AvgIpc) is 2.99. The third-order valence-electron chi connectivity index (χ3n) is 6.74. The van der Waals surface area contributed by atoms with Gasteiger partial charge in [-0.05, 0) is 49.1 Å². The first-order chi connectivity index (χ1) is 20.6. The van der Waals surface area contributed by atoms with E-state index in [0.29, 0.717) is 36.1 Å². The summed E-state index contributed by atoms with van der Waals surface area (Å²) >= 11 is 0. The minimum atomic E-state index is -3.24. The lowest BCUT2D eigenvalue weighted by Crippen LogP contribution is -2.46. The van der Waals surface area contributed by atoms with Crippen LogP contribution < -0.4 is 9.47 Å². The Hall–Kier alpha value is -4.72. The van der Waals surface area contributed by atoms with Crippen LogP contribution in [0.2, 0.25) is 0 Å². The summed E-state index contributed by atoms with van der Waals surface area (Å²) in [7, 11) is 0. The van der Waals surface area contributed by atoms with Gasteiger partial charge in [0.25, 0.3) is 5.92 Å². The number of ether oxygens (including phenoxy) is 3. The van der Waals surface area contributed by atoms with Crippen LogP contribution in [0.3, 0.4) is 0 Å². The lowest BCUT2D eigenvalue weighted by Gasteiger charge is -2.34. The molecule has 6 nitrogen and oxygen atoms in total. The quantitative estimate of drug-likeness (QED) is 0.209. The number of carbonyl (C=O) groups is 1. The second-order valence-electron chi connectivity index (χ2n) is 11.3. The maximum absolute atomic E-state index is 15.2. The number of amides is 1. The Balaban J connectivity index is 1.37. The smallest absolute Gasteiger partial charge is 0.410 e. The Labute approximate surface area is 250 Å². The van der Waals surface area contributed by atoms with Gasteiger partial charge in [0.2, 0.25) is 11.8 Å². The molecule has 222 valence electrons. The minimum Gasteiger partial charge on any atom is -0.473 e. The summed E-state index contributed by atoms with van der Waals surface area (Å²) in [6.07, 6.45) is 0.626. The molecule has 1 aromatic heterocycles. The summed E-state index contributed by atoms with van der Waals surface area (Å²) in [5, 5.41) is 0. The predicted octanol–water partition coefficient (Wildman–Crippen LogP) is 8.18. The Kier molecular flexibility index (Phi) is 8.76. The van der Waals surface area contributed by atoms with Gasteiger partial charge in [-0.2, -0.15) is 13.8 Å². The highest BCUT2D eigenvalue weighted by Crippen LogP contribution is 2.38. The monoisotopic (exact) mass is 584 g/mol. The van der Waals surface area contributed by atoms with Gasteiger partial charge in [-0.1, -0.05) is 91.0 Å². The van der Waals surface area contributed by atoms with Crippen LogP contribution in [0.5, 0.6) is 11.8 Å². The molecule has 0 unspecified atom stereocenters. The largest absolute Gasteiger partial charge is 0.473 e. The van der Waals surface area contributed by atoms with Crippen molar-refractivity contribution in [2.24, 2.45) is 0 Å². The van der Waals surface area contributed by atoms with Crippen molar-refractivity contribution < 1.29 is 27.8 Å². The molecule has 0 saturated heterocycles. The standard InChI is InChI=1S/C35H34F2N2O4/c1-34(2,3)43-33(40)39-21-20-30(35(36,37)24-39)28-16-14-27(15-17-28)29-18-19-31(41-22-25-10-6-4-7-11-25)38-32(29)42-23-26-12-8-5-9-13-26/h4-20H,21-24H2,1-3H3. The first-order valence-electron chi connectivity index (χ1n) is 14.1. The molecule has 0 saturated carbocycles. The SMILES string of the molecule is CC(C)(C)OC(=O)N1CC=C(c2ccc(-c3ccc(OCc4ccccc4)nc3OCc3ccccc3)cc2)C(F)(F)C1. The topological polar surface area (TPSA) is 60.9 Å². The molecule has 43 heavy (non-hydrogen) atoms. The molecule has 3 aromatic carbocycles. The molecule has 4 aromatic rings. The van der Waals surface area contributed by atoms with Gasteiger partial charge in [0.15, 0.2) is 0 Å². The third-order valence-corrected chi connectivity index (χ3v) is 6.74. The molecule has 0 bridgehead atoms. The van der Waals surface area contributed by atoms with Crippen LogP contribution in [0.4, 0.5) is 13.6 Å². The van der Waals surface area contributed by atoms with Gasteiger partial charge < -0.3 is 14.2 Å². The van der Waals surface area contributed by atoms with E-state index in [1.807, 2.05) is 66.7 Å². The highest BCUT2D eigenvalue weighted by Gasteiger charge is 2.42. The van der Waals surface area contributed by atoms with Crippen molar-refractivity contribution in [2.75, 3.05) is 13.1 Å². The molecule has 0 radical (unpaired) electrons. The number of aromatic nitrogens is 1. The number of pyridine rings is 1. The number of carbonyl (C=O) groups excluding carboxylic acids is 1. The average molecular weight is 585 g/mol. The summed E-state index contributed by atoms with van der Waals surface area (Å²) in [6.45, 7) is 5.05. The van der Waals surface area contributed by atoms with Gasteiger partial charge in [-0.25, -0.2) is 4.79 Å². The van der Waals surface area contributed by atoms with E-state index in [1.54, 1.807) is 51.1 Å². The summed E-state index contributed by atoms with van der Waals surface area (Å²) in [5.74, 6) is -2.45. The molecule has 2 heterocycles. The number of hydrogen-bond acceptors (Lipinski definition) is 5. The van der Waals surface area contributed by atoms with E-state index >= 15 is 8.78 Å². The Morgan fingerprint density at radius 2 is 1.40 bits per heavy atom. The van der Waals surface area contributed by atoms with Crippen LogP contribution in [-0.2, 0) is 18.0 Å². The fourth-order valence-electron chi connectivity index (χ4n) is 4.66. The highest BCUT2D eigenvalue weighted by molar-refractivity contribution is 5.78. The van der Waals surface area contributed by atoms with Gasteiger partial charge in [-0.15, -0.1) is 0 Å². The molecule has 1 aliphatic rings. The van der Waals surface area contributed by atoms with Gasteiger partial charge in [0, 0.05) is 23.7 Å². The Morgan fingerprint density at radius 1 is 0.814 bits per heavy atom. The molecule has 8 heteroatoms. The zero-order chi connectivity index (χ0) is 30.5. The van der Waals surface area contributed by atoms with Crippen molar-refractivity contribution in [3.05, 3.63) is 120 Å². The molecular weight excluding hydrogens is 550 g/mol. The zero-order valence-corrected chi connectivity index (χ0v) is 24.4. The summed E-state index contributed by atoms with van der Waals surface area (Å²) < 4.78 is 47.8. The maximum Gasteiger partial charge on any atom is 0.410 e. The van der Waals surface area contributed by atoms with E-state index in [4.69, 9.17) is 14.2 Å². The maximum atomic E-state index is 15.2. The van der Waals surface area contributed by atoms with Crippen LogP contribution in [0.25, 0.3) is 16.7 Å². The first kappa shape index (κ1) is 29.8. The molecule has 5 rings (SSSR count). The summed E-state index contributed by atoms with van der Waals surface area (Å²) in [6, 6.07) is 30.0. The van der Waals surface area contributed by atoms with Gasteiger partial charge in [-0.3, -0.25) is 4.90 Å². The number of hydrogen-bond donors (Lipinski definition) is 0. The normalized spacial score (nSPS) is 14.5. The molecule has 0 atom stereocenters. The molecule has 0 aliphatic carbocycles. The molecule has 1 amide bonds. The van der Waals surface area contributed by atoms with Crippen LogP contribution in [0, 0.1) is 0 Å². The van der Waals surface area contributed by atoms with Gasteiger partial charge in [0.1, 0.15) is 18.8 Å². The second kappa shape index (κ2) is 12.7. The molecule has 0 spiro atoms. The zero-order valence-electron chi connectivity index (χ0n) is 24.4. The highest BCUT2D eigenvalue weighted by atomic mass is 19.3. The van der Waals surface area contributed by atoms with Crippen molar-refractivity contribution in [3.8, 4) is 22.9 Å². The molecule has 0 N–H and O–H groups in total. The first-order valence-corrected chi connectivity index (χ1v) is 14.1. The van der Waals surface area contributed by atoms with Crippen LogP contribution in [0.15, 0.2) is 103 Å². The molecule has 0 fully saturated rings. The van der Waals surface area contributed by atoms with Crippen LogP contribution >= 0.6 is 0 Å². The van der Waals surface area contributed by atoms with E-state index in [9.17, 15) is 4.79 Å². The third kappa shape index (κ3) is 7.77. The van der Waals surface area contributed by atoms with Crippen molar-refractivity contribution >= 4 is 11.7 Å². The van der Waals surface area contributed by atoms with Crippen molar-refractivity contribution in [1.82, 2.24) is 9.88 Å². The van der Waals surface area contributed by atoms with Gasteiger partial charge in [0.05, 0.1) is 6.54 Å². The lowest BCUT2D eigenvalue weighted by molar-refractivity contribution is -0.0105. The van der Waals surface area contributed by atoms with Crippen molar-refractivity contribution in [1.29, 1.82) is 0 Å². The number of nitrogens with zero attached hydrogens (tertiary/aromatic N) is 2. The lowest BCUT2D eigenvalue weighted by atomic mass is 9.94. The van der Waals surface area contributed by atoms with E-state index in [1.165, 1.54) is 6.08 Å². The predicted molar refractivity (Wildman–Crippen MR) is 162 cm³/mol. The summed E-state index contributed by atoms with van der Waals surface area (Å²) in [5.41, 5.74) is 2.94. The fourth-order valence-corrected chi connectivity index (χ4v) is 4.66. The molecular formula is C35H34F2N2O4. The van der Waals surface area contributed by atoms with Crippen molar-refractivity contribution in [2.45, 2.75) is 45.5 Å². The molecule has 1 aliphatic heterocycles. The number of benzene rings is 3.